The van der Waals surface area contributed by atoms with Crippen LogP contribution in [0.1, 0.15) is 25.3 Å². The fraction of sp³-hybridized carbons (Fsp3) is 0.571. The number of hydrogen-bond donors (Lipinski definition) is 2. The number of unbranched alkanes of at least 4 members (excludes halogenated alkanes) is 1. The van der Waals surface area contributed by atoms with Crippen molar-refractivity contribution in [2.24, 2.45) is 5.73 Å². The molecule has 1 aromatic rings. The van der Waals surface area contributed by atoms with E-state index in [1.54, 1.807) is 0 Å². The standard InChI is InChI=1S/C14H24N2O/c1-2-17-14-7-5-13(6-8-14)9-12-16-11-4-3-10-15/h5-8,16H,2-4,9-12,15H2,1H3. The lowest BCUT2D eigenvalue weighted by Gasteiger charge is -2.06. The van der Waals surface area contributed by atoms with Gasteiger partial charge in [0, 0.05) is 0 Å². The second-order valence-electron chi connectivity index (χ2n) is 4.07. The van der Waals surface area contributed by atoms with Gasteiger partial charge in [-0.1, -0.05) is 12.1 Å². The van der Waals surface area contributed by atoms with E-state index in [0.29, 0.717) is 0 Å². The molecule has 3 N–H and O–H groups in total. The molecule has 0 spiro atoms. The molecule has 0 radical (unpaired) electrons. The van der Waals surface area contributed by atoms with Crippen LogP contribution in [0.5, 0.6) is 5.75 Å². The number of nitrogens with one attached hydrogen (secondary N) is 1. The fourth-order valence-corrected chi connectivity index (χ4v) is 1.67. The number of hydrogen-bond acceptors (Lipinski definition) is 3. The minimum atomic E-state index is 0.724. The molecule has 0 saturated heterocycles. The molecule has 1 aromatic carbocycles. The number of benzene rings is 1. The van der Waals surface area contributed by atoms with Gasteiger partial charge in [0.15, 0.2) is 0 Å². The summed E-state index contributed by atoms with van der Waals surface area (Å²) in [4.78, 5) is 0. The second kappa shape index (κ2) is 9.02. The van der Waals surface area contributed by atoms with Gasteiger partial charge in [-0.2, -0.15) is 0 Å². The highest BCUT2D eigenvalue weighted by atomic mass is 16.5. The Labute approximate surface area is 104 Å². The summed E-state index contributed by atoms with van der Waals surface area (Å²) < 4.78 is 5.40. The third kappa shape index (κ3) is 6.29. The minimum absolute atomic E-state index is 0.724. The van der Waals surface area contributed by atoms with Crippen molar-refractivity contribution in [1.82, 2.24) is 5.32 Å². The summed E-state index contributed by atoms with van der Waals surface area (Å²) in [6.45, 7) is 5.61. The quantitative estimate of drug-likeness (QED) is 0.644. The molecule has 0 unspecified atom stereocenters. The first kappa shape index (κ1) is 14.0. The summed E-state index contributed by atoms with van der Waals surface area (Å²) in [6.07, 6.45) is 3.34. The van der Waals surface area contributed by atoms with Crippen LogP contribution < -0.4 is 15.8 Å². The van der Waals surface area contributed by atoms with E-state index in [2.05, 4.69) is 17.4 Å². The van der Waals surface area contributed by atoms with E-state index in [1.165, 1.54) is 12.0 Å². The van der Waals surface area contributed by atoms with Crippen LogP contribution in [-0.2, 0) is 6.42 Å². The Morgan fingerprint density at radius 2 is 1.88 bits per heavy atom. The molecule has 96 valence electrons. The smallest absolute Gasteiger partial charge is 0.119 e. The van der Waals surface area contributed by atoms with E-state index in [0.717, 1.165) is 44.8 Å². The van der Waals surface area contributed by atoms with Crippen molar-refractivity contribution in [3.05, 3.63) is 29.8 Å². The van der Waals surface area contributed by atoms with Crippen LogP contribution in [-0.4, -0.2) is 26.2 Å². The van der Waals surface area contributed by atoms with Crippen LogP contribution in [0.15, 0.2) is 24.3 Å². The van der Waals surface area contributed by atoms with E-state index in [-0.39, 0.29) is 0 Å². The van der Waals surface area contributed by atoms with Crippen molar-refractivity contribution >= 4 is 0 Å². The van der Waals surface area contributed by atoms with Gasteiger partial charge in [-0.05, 0) is 63.5 Å². The van der Waals surface area contributed by atoms with E-state index in [9.17, 15) is 0 Å². The molecule has 0 aromatic heterocycles. The molecule has 0 bridgehead atoms. The molecule has 0 aliphatic rings. The maximum Gasteiger partial charge on any atom is 0.119 e. The van der Waals surface area contributed by atoms with Crippen molar-refractivity contribution in [2.75, 3.05) is 26.2 Å². The molecule has 0 aliphatic carbocycles. The molecule has 0 amide bonds. The Morgan fingerprint density at radius 1 is 1.12 bits per heavy atom. The molecule has 3 nitrogen and oxygen atoms in total. The number of ether oxygens (including phenoxy) is 1. The molecule has 1 rings (SSSR count). The highest BCUT2D eigenvalue weighted by Gasteiger charge is 1.95. The third-order valence-electron chi connectivity index (χ3n) is 2.63. The summed E-state index contributed by atoms with van der Waals surface area (Å²) in [5.74, 6) is 0.951. The third-order valence-corrected chi connectivity index (χ3v) is 2.63. The van der Waals surface area contributed by atoms with E-state index < -0.39 is 0 Å². The maximum absolute atomic E-state index is 5.43. The molecular formula is C14H24N2O. The fourth-order valence-electron chi connectivity index (χ4n) is 1.67. The zero-order valence-electron chi connectivity index (χ0n) is 10.7. The first-order chi connectivity index (χ1) is 8.36. The van der Waals surface area contributed by atoms with Gasteiger partial charge in [0.1, 0.15) is 5.75 Å². The van der Waals surface area contributed by atoms with Gasteiger partial charge in [0.2, 0.25) is 0 Å². The van der Waals surface area contributed by atoms with E-state index in [4.69, 9.17) is 10.5 Å². The average Bonchev–Trinajstić information content (AvgIpc) is 2.36. The monoisotopic (exact) mass is 236 g/mol. The Morgan fingerprint density at radius 3 is 2.53 bits per heavy atom. The molecular weight excluding hydrogens is 212 g/mol. The normalized spacial score (nSPS) is 10.5. The second-order valence-corrected chi connectivity index (χ2v) is 4.07. The lowest BCUT2D eigenvalue weighted by molar-refractivity contribution is 0.340. The first-order valence-electron chi connectivity index (χ1n) is 6.49. The largest absolute Gasteiger partial charge is 0.494 e. The zero-order valence-corrected chi connectivity index (χ0v) is 10.7. The first-order valence-corrected chi connectivity index (χ1v) is 6.49. The van der Waals surface area contributed by atoms with Crippen molar-refractivity contribution in [3.63, 3.8) is 0 Å². The van der Waals surface area contributed by atoms with Gasteiger partial charge < -0.3 is 15.8 Å². The summed E-state index contributed by atoms with van der Waals surface area (Å²) in [6, 6.07) is 8.33. The lowest BCUT2D eigenvalue weighted by atomic mass is 10.1. The molecule has 0 heterocycles. The Bertz CT molecular complexity index is 285. The van der Waals surface area contributed by atoms with Gasteiger partial charge >= 0.3 is 0 Å². The number of nitrogens with two attached hydrogens (primary N) is 1. The molecule has 17 heavy (non-hydrogen) atoms. The molecule has 0 aliphatic heterocycles. The lowest BCUT2D eigenvalue weighted by Crippen LogP contribution is -2.19. The summed E-state index contributed by atoms with van der Waals surface area (Å²) in [7, 11) is 0. The van der Waals surface area contributed by atoms with Crippen LogP contribution in [0.2, 0.25) is 0 Å². The van der Waals surface area contributed by atoms with Crippen molar-refractivity contribution < 1.29 is 4.74 Å². The maximum atomic E-state index is 5.43. The SMILES string of the molecule is CCOc1ccc(CCNCCCCN)cc1. The minimum Gasteiger partial charge on any atom is -0.494 e. The van der Waals surface area contributed by atoms with Crippen LogP contribution >= 0.6 is 0 Å². The Balaban J connectivity index is 2.14. The summed E-state index contributed by atoms with van der Waals surface area (Å²) in [5.41, 5.74) is 6.78. The van der Waals surface area contributed by atoms with Crippen LogP contribution in [0.4, 0.5) is 0 Å². The predicted molar refractivity (Wildman–Crippen MR) is 72.5 cm³/mol. The molecule has 0 fully saturated rings. The van der Waals surface area contributed by atoms with Gasteiger partial charge in [-0.25, -0.2) is 0 Å². The Kier molecular flexibility index (Phi) is 7.43. The van der Waals surface area contributed by atoms with Gasteiger partial charge in [-0.3, -0.25) is 0 Å². The average molecular weight is 236 g/mol. The van der Waals surface area contributed by atoms with Crippen molar-refractivity contribution in [3.8, 4) is 5.75 Å². The zero-order chi connectivity index (χ0) is 12.3. The van der Waals surface area contributed by atoms with Gasteiger partial charge in [-0.15, -0.1) is 0 Å². The molecule has 0 atom stereocenters. The van der Waals surface area contributed by atoms with Gasteiger partial charge in [0.05, 0.1) is 6.61 Å². The molecule has 3 heteroatoms. The highest BCUT2D eigenvalue weighted by molar-refractivity contribution is 5.27. The molecule has 0 saturated carbocycles. The Hall–Kier alpha value is -1.06. The summed E-state index contributed by atoms with van der Waals surface area (Å²) in [5, 5.41) is 3.42. The number of rotatable bonds is 9. The van der Waals surface area contributed by atoms with Crippen LogP contribution in [0.25, 0.3) is 0 Å². The van der Waals surface area contributed by atoms with E-state index in [1.807, 2.05) is 19.1 Å². The van der Waals surface area contributed by atoms with Crippen LogP contribution in [0, 0.1) is 0 Å². The summed E-state index contributed by atoms with van der Waals surface area (Å²) >= 11 is 0. The predicted octanol–water partition coefficient (Wildman–Crippen LogP) is 1.96. The highest BCUT2D eigenvalue weighted by Crippen LogP contribution is 2.12. The van der Waals surface area contributed by atoms with E-state index >= 15 is 0 Å². The van der Waals surface area contributed by atoms with Crippen LogP contribution in [0.3, 0.4) is 0 Å². The van der Waals surface area contributed by atoms with Crippen molar-refractivity contribution in [2.45, 2.75) is 26.2 Å². The topological polar surface area (TPSA) is 47.3 Å². The van der Waals surface area contributed by atoms with Gasteiger partial charge in [0.25, 0.3) is 0 Å². The van der Waals surface area contributed by atoms with Crippen molar-refractivity contribution in [1.29, 1.82) is 0 Å².